The number of carbonyl (C=O) groups is 1. The normalized spacial score (nSPS) is 11.9. The van der Waals surface area contributed by atoms with Gasteiger partial charge in [0.1, 0.15) is 11.3 Å². The minimum absolute atomic E-state index is 0.125. The van der Waals surface area contributed by atoms with E-state index >= 15 is 0 Å². The molecule has 0 bridgehead atoms. The van der Waals surface area contributed by atoms with Gasteiger partial charge in [0.25, 0.3) is 10.0 Å². The van der Waals surface area contributed by atoms with Crippen molar-refractivity contribution in [1.82, 2.24) is 0 Å². The first-order valence-corrected chi connectivity index (χ1v) is 11.1. The molecule has 0 unspecified atom stereocenters. The molecule has 0 spiro atoms. The molecule has 1 aromatic heterocycles. The van der Waals surface area contributed by atoms with E-state index in [1.165, 1.54) is 6.92 Å². The number of sulfonamides is 1. The summed E-state index contributed by atoms with van der Waals surface area (Å²) in [6, 6.07) is 12.7. The Hall–Kier alpha value is -3.12. The second kappa shape index (κ2) is 6.99. The van der Waals surface area contributed by atoms with Crippen molar-refractivity contribution in [2.24, 2.45) is 0 Å². The van der Waals surface area contributed by atoms with E-state index in [1.807, 2.05) is 44.2 Å². The van der Waals surface area contributed by atoms with Crippen molar-refractivity contribution in [3.8, 4) is 0 Å². The van der Waals surface area contributed by atoms with Gasteiger partial charge in [-0.05, 0) is 63.4 Å². The molecule has 6 heteroatoms. The number of benzene rings is 3. The zero-order valence-corrected chi connectivity index (χ0v) is 18.4. The fraction of sp³-hybridized carbons (Fsp3) is 0.208. The molecule has 0 aliphatic rings. The first-order chi connectivity index (χ1) is 14.1. The van der Waals surface area contributed by atoms with Crippen LogP contribution in [-0.2, 0) is 10.0 Å². The Balaban J connectivity index is 1.97. The molecule has 0 aliphatic heterocycles. The van der Waals surface area contributed by atoms with Gasteiger partial charge in [0.15, 0.2) is 5.78 Å². The highest BCUT2D eigenvalue weighted by Gasteiger charge is 2.23. The van der Waals surface area contributed by atoms with Crippen molar-refractivity contribution < 1.29 is 17.6 Å². The Morgan fingerprint density at radius 1 is 0.867 bits per heavy atom. The molecule has 1 heterocycles. The summed E-state index contributed by atoms with van der Waals surface area (Å²) in [4.78, 5) is 12.5. The van der Waals surface area contributed by atoms with E-state index in [0.29, 0.717) is 38.9 Å². The molecule has 154 valence electrons. The van der Waals surface area contributed by atoms with E-state index in [2.05, 4.69) is 4.72 Å². The zero-order chi connectivity index (χ0) is 21.8. The smallest absolute Gasteiger partial charge is 0.262 e. The van der Waals surface area contributed by atoms with E-state index in [4.69, 9.17) is 4.42 Å². The van der Waals surface area contributed by atoms with E-state index in [0.717, 1.165) is 16.5 Å². The van der Waals surface area contributed by atoms with Crippen LogP contribution in [0.1, 0.15) is 39.7 Å². The topological polar surface area (TPSA) is 76.4 Å². The number of ketones is 1. The Kier molecular flexibility index (Phi) is 4.70. The molecule has 0 fully saturated rings. The quantitative estimate of drug-likeness (QED) is 0.421. The van der Waals surface area contributed by atoms with Crippen LogP contribution in [0.25, 0.3) is 21.7 Å². The predicted molar refractivity (Wildman–Crippen MR) is 120 cm³/mol. The first kappa shape index (κ1) is 20.2. The van der Waals surface area contributed by atoms with Crippen LogP contribution in [0.4, 0.5) is 5.69 Å². The van der Waals surface area contributed by atoms with Crippen molar-refractivity contribution >= 4 is 43.2 Å². The highest BCUT2D eigenvalue weighted by molar-refractivity contribution is 7.92. The largest absolute Gasteiger partial charge is 0.460 e. The highest BCUT2D eigenvalue weighted by atomic mass is 32.2. The van der Waals surface area contributed by atoms with E-state index in [1.54, 1.807) is 26.0 Å². The number of carbonyl (C=O) groups excluding carboxylic acids is 1. The average Bonchev–Trinajstić information content (AvgIpc) is 3.00. The summed E-state index contributed by atoms with van der Waals surface area (Å²) in [7, 11) is -3.84. The Labute approximate surface area is 175 Å². The van der Waals surface area contributed by atoms with Crippen molar-refractivity contribution in [3.63, 3.8) is 0 Å². The molecule has 0 saturated heterocycles. The molecule has 0 atom stereocenters. The molecule has 0 saturated carbocycles. The Morgan fingerprint density at radius 2 is 1.50 bits per heavy atom. The molecule has 1 N–H and O–H groups in total. The average molecular weight is 422 g/mol. The fourth-order valence-electron chi connectivity index (χ4n) is 3.98. The number of hydrogen-bond acceptors (Lipinski definition) is 4. The van der Waals surface area contributed by atoms with Gasteiger partial charge in [-0.25, -0.2) is 8.42 Å². The van der Waals surface area contributed by atoms with E-state index < -0.39 is 10.0 Å². The van der Waals surface area contributed by atoms with Crippen LogP contribution in [0.5, 0.6) is 0 Å². The standard InChI is InChI=1S/C24H23NO4S/c1-13-10-15(3)22(11-14(13)2)30(27,28)25-21-12-20-23(16(4)26)17(5)29-24(20)19-9-7-6-8-18(19)21/h6-12,25H,1-5H3. The lowest BCUT2D eigenvalue weighted by Crippen LogP contribution is -2.15. The molecule has 0 radical (unpaired) electrons. The van der Waals surface area contributed by atoms with Gasteiger partial charge in [-0.2, -0.15) is 0 Å². The van der Waals surface area contributed by atoms with Gasteiger partial charge < -0.3 is 4.42 Å². The molecule has 4 rings (SSSR count). The van der Waals surface area contributed by atoms with Gasteiger partial charge in [-0.1, -0.05) is 30.3 Å². The molecule has 0 amide bonds. The van der Waals surface area contributed by atoms with Crippen molar-refractivity contribution in [1.29, 1.82) is 0 Å². The maximum Gasteiger partial charge on any atom is 0.262 e. The number of Topliss-reactive ketones (excluding diaryl/α,β-unsaturated/α-hetero) is 1. The van der Waals surface area contributed by atoms with E-state index in [-0.39, 0.29) is 10.7 Å². The molecule has 3 aromatic carbocycles. The highest BCUT2D eigenvalue weighted by Crippen LogP contribution is 2.37. The molecule has 30 heavy (non-hydrogen) atoms. The number of anilines is 1. The molecule has 4 aromatic rings. The minimum Gasteiger partial charge on any atom is -0.460 e. The summed E-state index contributed by atoms with van der Waals surface area (Å²) >= 11 is 0. The van der Waals surface area contributed by atoms with Gasteiger partial charge in [0.05, 0.1) is 16.1 Å². The van der Waals surface area contributed by atoms with Gasteiger partial charge in [0, 0.05) is 16.2 Å². The molecular weight excluding hydrogens is 398 g/mol. The summed E-state index contributed by atoms with van der Waals surface area (Å²) in [6.45, 7) is 8.86. The van der Waals surface area contributed by atoms with Crippen LogP contribution in [-0.4, -0.2) is 14.2 Å². The van der Waals surface area contributed by atoms with Crippen LogP contribution in [0.15, 0.2) is 51.8 Å². The zero-order valence-electron chi connectivity index (χ0n) is 17.6. The van der Waals surface area contributed by atoms with E-state index in [9.17, 15) is 13.2 Å². The fourth-order valence-corrected chi connectivity index (χ4v) is 5.37. The number of hydrogen-bond donors (Lipinski definition) is 1. The summed E-state index contributed by atoms with van der Waals surface area (Å²) in [5.74, 6) is 0.396. The monoisotopic (exact) mass is 421 g/mol. The maximum absolute atomic E-state index is 13.3. The number of fused-ring (bicyclic) bond motifs is 3. The third kappa shape index (κ3) is 3.17. The summed E-state index contributed by atoms with van der Waals surface area (Å²) in [5.41, 5.74) is 4.10. The third-order valence-electron chi connectivity index (χ3n) is 5.55. The van der Waals surface area contributed by atoms with Gasteiger partial charge in [0.2, 0.25) is 0 Å². The predicted octanol–water partition coefficient (Wildman–Crippen LogP) is 5.82. The lowest BCUT2D eigenvalue weighted by atomic mass is 10.0. The number of aryl methyl sites for hydroxylation is 4. The number of furan rings is 1. The molecule has 0 aliphatic carbocycles. The SMILES string of the molecule is CC(=O)c1c(C)oc2c1cc(NS(=O)(=O)c1cc(C)c(C)cc1C)c1ccccc12. The Morgan fingerprint density at radius 3 is 2.17 bits per heavy atom. The summed E-state index contributed by atoms with van der Waals surface area (Å²) in [6.07, 6.45) is 0. The second-order valence-electron chi connectivity index (χ2n) is 7.74. The van der Waals surface area contributed by atoms with Crippen molar-refractivity contribution in [3.05, 3.63) is 70.5 Å². The third-order valence-corrected chi connectivity index (χ3v) is 7.06. The summed E-state index contributed by atoms with van der Waals surface area (Å²) < 4.78 is 35.2. The Bertz CT molecular complexity index is 1450. The number of rotatable bonds is 4. The van der Waals surface area contributed by atoms with Crippen LogP contribution >= 0.6 is 0 Å². The van der Waals surface area contributed by atoms with Gasteiger partial charge >= 0.3 is 0 Å². The number of nitrogens with one attached hydrogen (secondary N) is 1. The van der Waals surface area contributed by atoms with Crippen LogP contribution in [0, 0.1) is 27.7 Å². The van der Waals surface area contributed by atoms with Crippen LogP contribution in [0.2, 0.25) is 0 Å². The lowest BCUT2D eigenvalue weighted by molar-refractivity contribution is 0.101. The molecular formula is C24H23NO4S. The van der Waals surface area contributed by atoms with Gasteiger partial charge in [-0.15, -0.1) is 0 Å². The second-order valence-corrected chi connectivity index (χ2v) is 9.39. The summed E-state index contributed by atoms with van der Waals surface area (Å²) in [5, 5.41) is 2.06. The van der Waals surface area contributed by atoms with Crippen molar-refractivity contribution in [2.75, 3.05) is 4.72 Å². The van der Waals surface area contributed by atoms with Crippen LogP contribution < -0.4 is 4.72 Å². The maximum atomic E-state index is 13.3. The minimum atomic E-state index is -3.84. The van der Waals surface area contributed by atoms with Gasteiger partial charge in [-0.3, -0.25) is 9.52 Å². The lowest BCUT2D eigenvalue weighted by Gasteiger charge is -2.14. The molecule has 5 nitrogen and oxygen atoms in total. The first-order valence-electron chi connectivity index (χ1n) is 9.66. The van der Waals surface area contributed by atoms with Crippen molar-refractivity contribution in [2.45, 2.75) is 39.5 Å². The van der Waals surface area contributed by atoms with Crippen LogP contribution in [0.3, 0.4) is 0 Å².